The molecule has 0 aliphatic heterocycles. The molecule has 3 aromatic rings. The number of benzene rings is 2. The first kappa shape index (κ1) is 17.8. The molecule has 0 fully saturated rings. The molecule has 26 heavy (non-hydrogen) atoms. The van der Waals surface area contributed by atoms with Gasteiger partial charge < -0.3 is 4.42 Å². The summed E-state index contributed by atoms with van der Waals surface area (Å²) in [5.74, 6) is 0.597. The van der Waals surface area contributed by atoms with E-state index in [1.807, 2.05) is 35.2 Å². The van der Waals surface area contributed by atoms with E-state index >= 15 is 0 Å². The lowest BCUT2D eigenvalue weighted by atomic mass is 10.2. The van der Waals surface area contributed by atoms with E-state index in [1.54, 1.807) is 25.3 Å². The molecule has 0 unspecified atom stereocenters. The number of nitrogens with one attached hydrogen (secondary N) is 2. The summed E-state index contributed by atoms with van der Waals surface area (Å²) in [6.07, 6.45) is 1.80. The second-order valence-electron chi connectivity index (χ2n) is 5.43. The van der Waals surface area contributed by atoms with Gasteiger partial charge in [0.2, 0.25) is 11.8 Å². The van der Waals surface area contributed by atoms with E-state index in [0.717, 1.165) is 5.56 Å². The molecular weight excluding hydrogens is 354 g/mol. The molecule has 1 aromatic heterocycles. The smallest absolute Gasteiger partial charge is 0.257 e. The minimum absolute atomic E-state index is 0.0208. The molecule has 0 aliphatic carbocycles. The maximum Gasteiger partial charge on any atom is 0.257 e. The number of carbonyl (C=O) groups is 1. The number of oxazole rings is 1. The molecule has 0 radical (unpaired) electrons. The van der Waals surface area contributed by atoms with Crippen LogP contribution >= 0.6 is 0 Å². The van der Waals surface area contributed by atoms with Gasteiger partial charge in [-0.25, -0.2) is 13.4 Å². The molecule has 3 rings (SSSR count). The number of sulfonamides is 1. The van der Waals surface area contributed by atoms with Crippen LogP contribution in [0.2, 0.25) is 0 Å². The summed E-state index contributed by atoms with van der Waals surface area (Å²) in [5.41, 5.74) is 3.68. The second-order valence-corrected chi connectivity index (χ2v) is 7.11. The van der Waals surface area contributed by atoms with Crippen molar-refractivity contribution in [3.63, 3.8) is 0 Å². The van der Waals surface area contributed by atoms with Gasteiger partial charge in [0.15, 0.2) is 5.76 Å². The van der Waals surface area contributed by atoms with Crippen LogP contribution in [-0.2, 0) is 14.8 Å². The fraction of sp³-hybridized carbons (Fsp3) is 0.111. The van der Waals surface area contributed by atoms with Crippen molar-refractivity contribution >= 4 is 15.9 Å². The Labute approximate surface area is 151 Å². The molecule has 0 bridgehead atoms. The Morgan fingerprint density at radius 1 is 1.04 bits per heavy atom. The van der Waals surface area contributed by atoms with Crippen molar-refractivity contribution in [2.45, 2.75) is 18.2 Å². The van der Waals surface area contributed by atoms with E-state index in [4.69, 9.17) is 4.42 Å². The van der Waals surface area contributed by atoms with Crippen LogP contribution in [-0.4, -0.2) is 19.3 Å². The van der Waals surface area contributed by atoms with Crippen LogP contribution in [0.1, 0.15) is 13.3 Å². The molecule has 8 heteroatoms. The van der Waals surface area contributed by atoms with Crippen LogP contribution in [0.5, 0.6) is 0 Å². The SMILES string of the molecule is CCC(=O)NNS(=O)(=O)c1ccc(-c2ncc(-c3ccccc3)o2)cc1. The molecule has 0 aliphatic rings. The van der Waals surface area contributed by atoms with Gasteiger partial charge in [-0.3, -0.25) is 10.2 Å². The highest BCUT2D eigenvalue weighted by Gasteiger charge is 2.15. The normalized spacial score (nSPS) is 11.3. The third-order valence-corrected chi connectivity index (χ3v) is 4.89. The monoisotopic (exact) mass is 371 g/mol. The molecule has 1 heterocycles. The molecule has 0 saturated heterocycles. The summed E-state index contributed by atoms with van der Waals surface area (Å²) in [6.45, 7) is 1.62. The highest BCUT2D eigenvalue weighted by atomic mass is 32.2. The predicted molar refractivity (Wildman–Crippen MR) is 96.1 cm³/mol. The van der Waals surface area contributed by atoms with E-state index in [0.29, 0.717) is 17.2 Å². The number of rotatable bonds is 6. The predicted octanol–water partition coefficient (Wildman–Crippen LogP) is 2.73. The van der Waals surface area contributed by atoms with Crippen molar-refractivity contribution in [2.24, 2.45) is 0 Å². The molecule has 134 valence electrons. The van der Waals surface area contributed by atoms with E-state index < -0.39 is 15.9 Å². The molecule has 0 spiro atoms. The molecule has 1 amide bonds. The van der Waals surface area contributed by atoms with Crippen molar-refractivity contribution in [3.8, 4) is 22.8 Å². The standard InChI is InChI=1S/C18H17N3O4S/c1-2-17(22)20-21-26(23,24)15-10-8-14(9-11-15)18-19-12-16(25-18)13-6-4-3-5-7-13/h3-12,21H,2H2,1H3,(H,20,22). The second kappa shape index (κ2) is 7.51. The van der Waals surface area contributed by atoms with Crippen molar-refractivity contribution in [2.75, 3.05) is 0 Å². The van der Waals surface area contributed by atoms with E-state index in [-0.39, 0.29) is 11.3 Å². The lowest BCUT2D eigenvalue weighted by Gasteiger charge is -2.07. The Morgan fingerprint density at radius 3 is 2.38 bits per heavy atom. The minimum atomic E-state index is -3.84. The molecule has 2 N–H and O–H groups in total. The summed E-state index contributed by atoms with van der Waals surface area (Å²) < 4.78 is 30.0. The Kier molecular flexibility index (Phi) is 5.15. The highest BCUT2D eigenvalue weighted by Crippen LogP contribution is 2.26. The lowest BCUT2D eigenvalue weighted by Crippen LogP contribution is -2.41. The molecule has 0 saturated carbocycles. The average molecular weight is 371 g/mol. The first-order valence-electron chi connectivity index (χ1n) is 7.92. The fourth-order valence-corrected chi connectivity index (χ4v) is 3.05. The maximum atomic E-state index is 12.1. The number of amides is 1. The zero-order chi connectivity index (χ0) is 18.6. The van der Waals surface area contributed by atoms with Gasteiger partial charge in [-0.1, -0.05) is 37.3 Å². The number of nitrogens with zero attached hydrogens (tertiary/aromatic N) is 1. The molecular formula is C18H17N3O4S. The Morgan fingerprint density at radius 2 is 1.73 bits per heavy atom. The number of aromatic nitrogens is 1. The highest BCUT2D eigenvalue weighted by molar-refractivity contribution is 7.89. The van der Waals surface area contributed by atoms with Gasteiger partial charge in [-0.15, -0.1) is 4.83 Å². The van der Waals surface area contributed by atoms with Crippen LogP contribution in [0.3, 0.4) is 0 Å². The summed E-state index contributed by atoms with van der Waals surface area (Å²) in [5, 5.41) is 0. The van der Waals surface area contributed by atoms with E-state index in [2.05, 4.69) is 10.4 Å². The van der Waals surface area contributed by atoms with Gasteiger partial charge >= 0.3 is 0 Å². The van der Waals surface area contributed by atoms with Crippen LogP contribution in [0.25, 0.3) is 22.8 Å². The third-order valence-electron chi connectivity index (χ3n) is 3.62. The van der Waals surface area contributed by atoms with E-state index in [1.165, 1.54) is 12.1 Å². The van der Waals surface area contributed by atoms with Gasteiger partial charge in [0, 0.05) is 17.5 Å². The number of hydrazine groups is 1. The summed E-state index contributed by atoms with van der Waals surface area (Å²) in [6, 6.07) is 15.6. The van der Waals surface area contributed by atoms with Crippen LogP contribution < -0.4 is 10.3 Å². The maximum absolute atomic E-state index is 12.1. The van der Waals surface area contributed by atoms with Crippen LogP contribution in [0.4, 0.5) is 0 Å². The van der Waals surface area contributed by atoms with Gasteiger partial charge in [0.1, 0.15) is 0 Å². The van der Waals surface area contributed by atoms with Gasteiger partial charge in [-0.05, 0) is 24.3 Å². The number of hydrogen-bond acceptors (Lipinski definition) is 5. The summed E-state index contributed by atoms with van der Waals surface area (Å²) in [7, 11) is -3.84. The summed E-state index contributed by atoms with van der Waals surface area (Å²) in [4.78, 5) is 17.5. The summed E-state index contributed by atoms with van der Waals surface area (Å²) >= 11 is 0. The third kappa shape index (κ3) is 3.98. The zero-order valence-electron chi connectivity index (χ0n) is 14.0. The van der Waals surface area contributed by atoms with Gasteiger partial charge in [0.25, 0.3) is 10.0 Å². The average Bonchev–Trinajstić information content (AvgIpc) is 3.17. The topological polar surface area (TPSA) is 101 Å². The zero-order valence-corrected chi connectivity index (χ0v) is 14.8. The van der Waals surface area contributed by atoms with Crippen molar-refractivity contribution < 1.29 is 17.6 Å². The largest absolute Gasteiger partial charge is 0.436 e. The van der Waals surface area contributed by atoms with Gasteiger partial charge in [0.05, 0.1) is 11.1 Å². The van der Waals surface area contributed by atoms with Crippen LogP contribution in [0.15, 0.2) is 70.1 Å². The van der Waals surface area contributed by atoms with Crippen molar-refractivity contribution in [3.05, 3.63) is 60.8 Å². The van der Waals surface area contributed by atoms with Crippen LogP contribution in [0, 0.1) is 0 Å². The number of hydrogen-bond donors (Lipinski definition) is 2. The molecule has 0 atom stereocenters. The molecule has 2 aromatic carbocycles. The Balaban J connectivity index is 1.78. The minimum Gasteiger partial charge on any atom is -0.436 e. The van der Waals surface area contributed by atoms with Crippen molar-refractivity contribution in [1.29, 1.82) is 0 Å². The molecule has 7 nitrogen and oxygen atoms in total. The fourth-order valence-electron chi connectivity index (χ4n) is 2.19. The van der Waals surface area contributed by atoms with Gasteiger partial charge in [-0.2, -0.15) is 0 Å². The lowest BCUT2D eigenvalue weighted by molar-refractivity contribution is -0.121. The quantitative estimate of drug-likeness (QED) is 0.649. The van der Waals surface area contributed by atoms with Crippen molar-refractivity contribution in [1.82, 2.24) is 15.2 Å². The first-order valence-corrected chi connectivity index (χ1v) is 9.40. The van der Waals surface area contributed by atoms with E-state index in [9.17, 15) is 13.2 Å². The Bertz CT molecular complexity index is 996. The first-order chi connectivity index (χ1) is 12.5. The Hall–Kier alpha value is -2.97. The number of carbonyl (C=O) groups excluding carboxylic acids is 1.